The van der Waals surface area contributed by atoms with E-state index < -0.39 is 65.2 Å². The molecule has 2 rings (SSSR count). The van der Waals surface area contributed by atoms with Gasteiger partial charge < -0.3 is 40.3 Å². The second kappa shape index (κ2) is 9.61. The fraction of sp³-hybridized carbons (Fsp3) is 0.583. The molecule has 18 nitrogen and oxygen atoms in total. The third-order valence-electron chi connectivity index (χ3n) is 3.93. The van der Waals surface area contributed by atoms with Gasteiger partial charge in [0, 0.05) is 0 Å². The molecule has 3 unspecified atom stereocenters. The number of nitrogens with two attached hydrogens (primary N) is 1. The maximum absolute atomic E-state index is 12.1. The first-order valence-corrected chi connectivity index (χ1v) is 13.0. The number of ether oxygens (including phenoxy) is 1. The van der Waals surface area contributed by atoms with Crippen LogP contribution in [-0.2, 0) is 31.6 Å². The Labute approximate surface area is 184 Å². The second-order valence-electron chi connectivity index (χ2n) is 6.40. The molecule has 0 amide bonds. The smallest absolute Gasteiger partial charge is 0.386 e. The normalized spacial score (nSPS) is 30.0. The molecule has 1 saturated heterocycles. The maximum Gasteiger partial charge on any atom is 0.490 e. The van der Waals surface area contributed by atoms with E-state index in [1.807, 2.05) is 0 Å². The van der Waals surface area contributed by atoms with Crippen LogP contribution in [0.4, 0.5) is 5.95 Å². The lowest BCUT2D eigenvalue weighted by molar-refractivity contribution is -0.0873. The number of aromatic nitrogens is 3. The van der Waals surface area contributed by atoms with Crippen LogP contribution in [0.15, 0.2) is 11.1 Å². The van der Waals surface area contributed by atoms with Gasteiger partial charge in [0.1, 0.15) is 18.5 Å². The average molecular weight is 536 g/mol. The molecule has 1 aliphatic heterocycles. The molecule has 8 N–H and O–H groups in total. The van der Waals surface area contributed by atoms with Crippen molar-refractivity contribution in [1.29, 1.82) is 0 Å². The summed E-state index contributed by atoms with van der Waals surface area (Å²) in [6.45, 7) is 2.28. The van der Waals surface area contributed by atoms with Gasteiger partial charge in [-0.3, -0.25) is 9.09 Å². The SMILES string of the molecule is CC#CC1(O)[C@@H](O)[C@@H]([C@@H](C)OP(=O)(O)OP(=O)(O)OP(=O)(O)O)O[C@H]1n1cnc(N)nc1=O. The van der Waals surface area contributed by atoms with Gasteiger partial charge >= 0.3 is 29.2 Å². The lowest BCUT2D eigenvalue weighted by Crippen LogP contribution is -2.49. The fourth-order valence-corrected chi connectivity index (χ4v) is 5.99. The molecule has 0 bridgehead atoms. The Morgan fingerprint density at radius 2 is 1.85 bits per heavy atom. The first kappa shape index (κ1) is 27.7. The van der Waals surface area contributed by atoms with Gasteiger partial charge in [-0.25, -0.2) is 23.5 Å². The van der Waals surface area contributed by atoms with E-state index >= 15 is 0 Å². The number of phosphoric acid groups is 3. The van der Waals surface area contributed by atoms with Crippen LogP contribution in [0.5, 0.6) is 0 Å². The van der Waals surface area contributed by atoms with Crippen LogP contribution in [0.25, 0.3) is 0 Å². The summed E-state index contributed by atoms with van der Waals surface area (Å²) in [5.41, 5.74) is 1.74. The van der Waals surface area contributed by atoms with Gasteiger partial charge in [0.15, 0.2) is 11.8 Å². The molecular formula is C12H19N4O14P3. The van der Waals surface area contributed by atoms with Crippen molar-refractivity contribution in [2.45, 2.75) is 44.0 Å². The predicted octanol–water partition coefficient (Wildman–Crippen LogP) is -2.04. The molecule has 0 aromatic carbocycles. The van der Waals surface area contributed by atoms with Gasteiger partial charge in [0.05, 0.1) is 6.10 Å². The average Bonchev–Trinajstić information content (AvgIpc) is 2.83. The van der Waals surface area contributed by atoms with E-state index in [-0.39, 0.29) is 0 Å². The summed E-state index contributed by atoms with van der Waals surface area (Å²) in [5, 5.41) is 21.5. The quantitative estimate of drug-likeness (QED) is 0.139. The van der Waals surface area contributed by atoms with E-state index in [2.05, 4.69) is 35.0 Å². The van der Waals surface area contributed by atoms with Crippen LogP contribution in [0.2, 0.25) is 0 Å². The van der Waals surface area contributed by atoms with E-state index in [1.165, 1.54) is 6.92 Å². The molecule has 0 saturated carbocycles. The van der Waals surface area contributed by atoms with Crippen molar-refractivity contribution in [2.24, 2.45) is 0 Å². The topological polar surface area (TPSA) is 283 Å². The van der Waals surface area contributed by atoms with Crippen molar-refractivity contribution in [2.75, 3.05) is 5.73 Å². The Hall–Kier alpha value is -1.54. The van der Waals surface area contributed by atoms with Gasteiger partial charge in [-0.1, -0.05) is 5.92 Å². The summed E-state index contributed by atoms with van der Waals surface area (Å²) in [5.74, 6) is 4.16. The van der Waals surface area contributed by atoms with Crippen molar-refractivity contribution >= 4 is 29.4 Å². The predicted molar refractivity (Wildman–Crippen MR) is 103 cm³/mol. The molecule has 0 spiro atoms. The first-order chi connectivity index (χ1) is 14.9. The molecular weight excluding hydrogens is 517 g/mol. The highest BCUT2D eigenvalue weighted by atomic mass is 31.3. The zero-order valence-corrected chi connectivity index (χ0v) is 19.3. The van der Waals surface area contributed by atoms with Crippen LogP contribution in [0.1, 0.15) is 20.1 Å². The van der Waals surface area contributed by atoms with Crippen LogP contribution in [-0.4, -0.2) is 68.2 Å². The lowest BCUT2D eigenvalue weighted by atomic mass is 9.93. The summed E-state index contributed by atoms with van der Waals surface area (Å²) in [4.78, 5) is 55.1. The molecule has 1 fully saturated rings. The van der Waals surface area contributed by atoms with E-state index in [0.29, 0.717) is 4.57 Å². The minimum Gasteiger partial charge on any atom is -0.386 e. The first-order valence-electron chi connectivity index (χ1n) is 8.43. The third kappa shape index (κ3) is 6.75. The van der Waals surface area contributed by atoms with Crippen LogP contribution in [0, 0.1) is 11.8 Å². The van der Waals surface area contributed by atoms with E-state index in [9.17, 15) is 38.5 Å². The van der Waals surface area contributed by atoms with E-state index in [0.717, 1.165) is 13.3 Å². The Kier molecular flexibility index (Phi) is 8.06. The highest BCUT2D eigenvalue weighted by Gasteiger charge is 2.58. The molecule has 0 radical (unpaired) electrons. The maximum atomic E-state index is 12.1. The molecule has 33 heavy (non-hydrogen) atoms. The summed E-state index contributed by atoms with van der Waals surface area (Å²) in [7, 11) is -17.0. The molecule has 21 heteroatoms. The third-order valence-corrected chi connectivity index (χ3v) is 7.85. The van der Waals surface area contributed by atoms with Crippen LogP contribution >= 0.6 is 23.5 Å². The zero-order valence-electron chi connectivity index (χ0n) is 16.6. The Balaban J connectivity index is 2.31. The van der Waals surface area contributed by atoms with Crippen molar-refractivity contribution < 1.29 is 61.4 Å². The minimum atomic E-state index is -5.80. The molecule has 1 aromatic heterocycles. The van der Waals surface area contributed by atoms with Gasteiger partial charge in [0.25, 0.3) is 0 Å². The number of hydrogen-bond donors (Lipinski definition) is 7. The summed E-state index contributed by atoms with van der Waals surface area (Å²) in [6.07, 6.45) is -6.41. The van der Waals surface area contributed by atoms with E-state index in [4.69, 9.17) is 20.3 Å². The standard InChI is InChI=1S/C12H19N4O14P3/c1-3-4-12(19)8(17)7(27-9(12)16-5-14-10(13)15-11(16)18)6(2)28-32(23,24)30-33(25,26)29-31(20,21)22/h5-9,17,19H,1-2H3,(H,23,24)(H,25,26)(H2,13,15,18)(H2,20,21,22)/t6-,7-,8+,9-,12?/m1/s1. The molecule has 2 heterocycles. The number of aliphatic hydroxyl groups excluding tert-OH is 1. The summed E-state index contributed by atoms with van der Waals surface area (Å²) < 4.78 is 52.0. The molecule has 7 atom stereocenters. The van der Waals surface area contributed by atoms with Crippen molar-refractivity contribution in [1.82, 2.24) is 14.5 Å². The number of hydrogen-bond acceptors (Lipinski definition) is 13. The van der Waals surface area contributed by atoms with E-state index in [1.54, 1.807) is 0 Å². The number of rotatable bonds is 8. The number of phosphoric ester groups is 1. The van der Waals surface area contributed by atoms with Crippen molar-refractivity contribution in [3.8, 4) is 11.8 Å². The fourth-order valence-electron chi connectivity index (χ4n) is 2.79. The second-order valence-corrected chi connectivity index (χ2v) is 10.8. The molecule has 0 aliphatic carbocycles. The Bertz CT molecular complexity index is 1160. The molecule has 186 valence electrons. The number of aliphatic hydroxyl groups is 2. The Morgan fingerprint density at radius 3 is 2.36 bits per heavy atom. The van der Waals surface area contributed by atoms with Gasteiger partial charge in [0.2, 0.25) is 5.95 Å². The lowest BCUT2D eigenvalue weighted by Gasteiger charge is -2.27. The van der Waals surface area contributed by atoms with Gasteiger partial charge in [-0.2, -0.15) is 13.6 Å². The Morgan fingerprint density at radius 1 is 1.24 bits per heavy atom. The largest absolute Gasteiger partial charge is 0.490 e. The number of nitrogen functional groups attached to an aromatic ring is 1. The van der Waals surface area contributed by atoms with Crippen LogP contribution < -0.4 is 11.4 Å². The van der Waals surface area contributed by atoms with Gasteiger partial charge in [-0.15, -0.1) is 5.92 Å². The monoisotopic (exact) mass is 536 g/mol. The minimum absolute atomic E-state index is 0.405. The highest BCUT2D eigenvalue weighted by molar-refractivity contribution is 7.66. The van der Waals surface area contributed by atoms with Crippen molar-refractivity contribution in [3.63, 3.8) is 0 Å². The molecule has 1 aromatic rings. The van der Waals surface area contributed by atoms with Crippen LogP contribution in [0.3, 0.4) is 0 Å². The van der Waals surface area contributed by atoms with Gasteiger partial charge in [-0.05, 0) is 13.8 Å². The summed E-state index contributed by atoms with van der Waals surface area (Å²) in [6, 6.07) is 0. The molecule has 1 aliphatic rings. The van der Waals surface area contributed by atoms with Crippen molar-refractivity contribution in [3.05, 3.63) is 16.8 Å². The number of nitrogens with zero attached hydrogens (tertiary/aromatic N) is 3. The number of anilines is 1. The summed E-state index contributed by atoms with van der Waals surface area (Å²) >= 11 is 0. The zero-order chi connectivity index (χ0) is 25.4. The highest BCUT2D eigenvalue weighted by Crippen LogP contribution is 2.66.